The molecule has 0 saturated heterocycles. The Kier molecular flexibility index (Phi) is 3.71. The Balaban J connectivity index is 2.43. The van der Waals surface area contributed by atoms with Gasteiger partial charge in [-0.1, -0.05) is 17.7 Å². The molecule has 106 valence electrons. The molecule has 5 heteroatoms. The Morgan fingerprint density at radius 3 is 2.62 bits per heavy atom. The lowest BCUT2D eigenvalue weighted by Gasteiger charge is -2.11. The largest absolute Gasteiger partial charge is 0.331 e. The third kappa shape index (κ3) is 2.55. The summed E-state index contributed by atoms with van der Waals surface area (Å²) in [6, 6.07) is 11.7. The topological polar surface area (TPSA) is 37.8 Å². The number of rotatable bonds is 1. The van der Waals surface area contributed by atoms with E-state index in [-0.39, 0.29) is 5.56 Å². The summed E-state index contributed by atoms with van der Waals surface area (Å²) in [4.78, 5) is 16.0. The molecule has 0 radical (unpaired) electrons. The molecule has 0 aliphatic heterocycles. The van der Waals surface area contributed by atoms with Gasteiger partial charge in [-0.15, -0.1) is 0 Å². The molecule has 3 aromatic rings. The number of fused-ring (bicyclic) bond motifs is 1. The number of hydrogen-bond donors (Lipinski definition) is 1. The van der Waals surface area contributed by atoms with Gasteiger partial charge in [-0.25, -0.2) is 0 Å². The van der Waals surface area contributed by atoms with E-state index in [2.05, 4.69) is 33.6 Å². The first-order valence-electron chi connectivity index (χ1n) is 6.49. The molecular formula is C16H13IN2OS. The van der Waals surface area contributed by atoms with Crippen molar-refractivity contribution in [3.05, 3.63) is 66.2 Å². The minimum absolute atomic E-state index is 0.0841. The average molecular weight is 408 g/mol. The van der Waals surface area contributed by atoms with Crippen molar-refractivity contribution in [2.75, 3.05) is 0 Å². The van der Waals surface area contributed by atoms with Gasteiger partial charge in [-0.3, -0.25) is 9.36 Å². The molecule has 0 fully saturated rings. The summed E-state index contributed by atoms with van der Waals surface area (Å²) < 4.78 is 3.01. The van der Waals surface area contributed by atoms with E-state index in [0.29, 0.717) is 10.2 Å². The van der Waals surface area contributed by atoms with Crippen molar-refractivity contribution in [3.8, 4) is 5.69 Å². The molecule has 0 aliphatic rings. The second kappa shape index (κ2) is 5.38. The van der Waals surface area contributed by atoms with E-state index in [0.717, 1.165) is 25.9 Å². The SMILES string of the molecule is Cc1ccc(-n2c(=S)[nH]c3ccc(I)cc3c2=O)c(C)c1. The zero-order valence-corrected chi connectivity index (χ0v) is 14.6. The van der Waals surface area contributed by atoms with Crippen LogP contribution in [0.1, 0.15) is 11.1 Å². The fraction of sp³-hybridized carbons (Fsp3) is 0.125. The normalized spacial score (nSPS) is 11.0. The summed E-state index contributed by atoms with van der Waals surface area (Å²) in [5.41, 5.74) is 3.70. The number of aromatic nitrogens is 2. The molecule has 1 heterocycles. The van der Waals surface area contributed by atoms with Crippen LogP contribution in [0.3, 0.4) is 0 Å². The number of halogens is 1. The monoisotopic (exact) mass is 408 g/mol. The van der Waals surface area contributed by atoms with Gasteiger partial charge in [0.1, 0.15) is 0 Å². The van der Waals surface area contributed by atoms with Crippen LogP contribution in [0.4, 0.5) is 0 Å². The second-order valence-electron chi connectivity index (χ2n) is 5.05. The first kappa shape index (κ1) is 14.5. The number of benzene rings is 2. The summed E-state index contributed by atoms with van der Waals surface area (Å²) in [7, 11) is 0. The fourth-order valence-corrected chi connectivity index (χ4v) is 3.24. The van der Waals surface area contributed by atoms with Gasteiger partial charge >= 0.3 is 0 Å². The highest BCUT2D eigenvalue weighted by Gasteiger charge is 2.10. The zero-order valence-electron chi connectivity index (χ0n) is 11.6. The quantitative estimate of drug-likeness (QED) is 0.483. The van der Waals surface area contributed by atoms with Gasteiger partial charge in [0, 0.05) is 3.57 Å². The molecule has 1 N–H and O–H groups in total. The molecule has 0 spiro atoms. The maximum absolute atomic E-state index is 12.8. The molecule has 3 rings (SSSR count). The lowest BCUT2D eigenvalue weighted by molar-refractivity contribution is 0.929. The van der Waals surface area contributed by atoms with Crippen LogP contribution < -0.4 is 5.56 Å². The molecule has 0 unspecified atom stereocenters. The lowest BCUT2D eigenvalue weighted by Crippen LogP contribution is -2.21. The summed E-state index contributed by atoms with van der Waals surface area (Å²) in [6.45, 7) is 4.02. The van der Waals surface area contributed by atoms with E-state index in [1.165, 1.54) is 0 Å². The van der Waals surface area contributed by atoms with Crippen LogP contribution in [0.25, 0.3) is 16.6 Å². The molecule has 0 amide bonds. The summed E-state index contributed by atoms with van der Waals surface area (Å²) in [5.74, 6) is 0. The van der Waals surface area contributed by atoms with Crippen LogP contribution in [0.5, 0.6) is 0 Å². The lowest BCUT2D eigenvalue weighted by atomic mass is 10.1. The van der Waals surface area contributed by atoms with Crippen molar-refractivity contribution in [2.45, 2.75) is 13.8 Å². The van der Waals surface area contributed by atoms with E-state index >= 15 is 0 Å². The Bertz CT molecular complexity index is 972. The smallest absolute Gasteiger partial charge is 0.266 e. The summed E-state index contributed by atoms with van der Waals surface area (Å²) >= 11 is 7.58. The van der Waals surface area contributed by atoms with E-state index in [1.54, 1.807) is 4.57 Å². The number of aryl methyl sites for hydroxylation is 2. The van der Waals surface area contributed by atoms with Gasteiger partial charge in [0.2, 0.25) is 0 Å². The first-order chi connectivity index (χ1) is 9.97. The van der Waals surface area contributed by atoms with Crippen LogP contribution >= 0.6 is 34.8 Å². The van der Waals surface area contributed by atoms with Crippen molar-refractivity contribution in [1.82, 2.24) is 9.55 Å². The molecule has 3 nitrogen and oxygen atoms in total. The van der Waals surface area contributed by atoms with E-state index in [4.69, 9.17) is 12.2 Å². The standard InChI is InChI=1S/C16H13IN2OS/c1-9-3-6-14(10(2)7-9)19-15(20)12-8-11(17)4-5-13(12)18-16(19)21/h3-8H,1-2H3,(H,18,21). The van der Waals surface area contributed by atoms with Crippen molar-refractivity contribution in [3.63, 3.8) is 0 Å². The van der Waals surface area contributed by atoms with Crippen LogP contribution in [0.2, 0.25) is 0 Å². The zero-order chi connectivity index (χ0) is 15.1. The third-order valence-electron chi connectivity index (χ3n) is 3.45. The number of nitrogens with one attached hydrogen (secondary N) is 1. The van der Waals surface area contributed by atoms with Gasteiger partial charge in [0.25, 0.3) is 5.56 Å². The minimum Gasteiger partial charge on any atom is -0.331 e. The highest BCUT2D eigenvalue weighted by molar-refractivity contribution is 14.1. The number of nitrogens with zero attached hydrogens (tertiary/aromatic N) is 1. The fourth-order valence-electron chi connectivity index (χ4n) is 2.46. The predicted octanol–water partition coefficient (Wildman–Crippen LogP) is 4.27. The summed E-state index contributed by atoms with van der Waals surface area (Å²) in [5, 5.41) is 0.649. The van der Waals surface area contributed by atoms with Crippen molar-refractivity contribution < 1.29 is 0 Å². The molecule has 0 aliphatic carbocycles. The van der Waals surface area contributed by atoms with Crippen LogP contribution in [0, 0.1) is 22.2 Å². The third-order valence-corrected chi connectivity index (χ3v) is 4.41. The Labute approximate surface area is 140 Å². The first-order valence-corrected chi connectivity index (χ1v) is 7.98. The molecule has 1 aromatic heterocycles. The van der Waals surface area contributed by atoms with Crippen molar-refractivity contribution in [2.24, 2.45) is 0 Å². The molecular weight excluding hydrogens is 395 g/mol. The highest BCUT2D eigenvalue weighted by Crippen LogP contribution is 2.17. The van der Waals surface area contributed by atoms with Crippen LogP contribution in [-0.4, -0.2) is 9.55 Å². The molecule has 2 aromatic carbocycles. The van der Waals surface area contributed by atoms with E-state index < -0.39 is 0 Å². The van der Waals surface area contributed by atoms with E-state index in [9.17, 15) is 4.79 Å². The van der Waals surface area contributed by atoms with Gasteiger partial charge in [0.15, 0.2) is 4.77 Å². The highest BCUT2D eigenvalue weighted by atomic mass is 127. The van der Waals surface area contributed by atoms with Gasteiger partial charge in [-0.05, 0) is 78.5 Å². The number of hydrogen-bond acceptors (Lipinski definition) is 2. The Morgan fingerprint density at radius 2 is 1.90 bits per heavy atom. The summed E-state index contributed by atoms with van der Waals surface area (Å²) in [6.07, 6.45) is 0. The average Bonchev–Trinajstić information content (AvgIpc) is 2.42. The number of aromatic amines is 1. The molecule has 21 heavy (non-hydrogen) atoms. The molecule has 0 atom stereocenters. The molecule has 0 saturated carbocycles. The van der Waals surface area contributed by atoms with Crippen molar-refractivity contribution >= 4 is 45.7 Å². The van der Waals surface area contributed by atoms with Crippen LogP contribution in [-0.2, 0) is 0 Å². The van der Waals surface area contributed by atoms with Gasteiger partial charge < -0.3 is 4.98 Å². The predicted molar refractivity (Wildman–Crippen MR) is 96.9 cm³/mol. The van der Waals surface area contributed by atoms with E-state index in [1.807, 2.05) is 44.2 Å². The van der Waals surface area contributed by atoms with Crippen molar-refractivity contribution in [1.29, 1.82) is 0 Å². The van der Waals surface area contributed by atoms with Gasteiger partial charge in [-0.2, -0.15) is 0 Å². The number of H-pyrrole nitrogens is 1. The minimum atomic E-state index is -0.0841. The Hall–Kier alpha value is -1.47. The van der Waals surface area contributed by atoms with Crippen LogP contribution in [0.15, 0.2) is 41.2 Å². The second-order valence-corrected chi connectivity index (χ2v) is 6.68. The maximum atomic E-state index is 12.8. The Morgan fingerprint density at radius 1 is 1.14 bits per heavy atom. The molecule has 0 bridgehead atoms. The maximum Gasteiger partial charge on any atom is 0.266 e. The van der Waals surface area contributed by atoms with Gasteiger partial charge in [0.05, 0.1) is 16.6 Å².